The molecule has 0 unspecified atom stereocenters. The average Bonchev–Trinajstić information content (AvgIpc) is 3.23. The zero-order valence-corrected chi connectivity index (χ0v) is 17.9. The number of hydrogen-bond donors (Lipinski definition) is 1. The van der Waals surface area contributed by atoms with Gasteiger partial charge in [-0.15, -0.1) is 10.2 Å². The molecule has 1 aliphatic rings. The van der Waals surface area contributed by atoms with Crippen molar-refractivity contribution in [1.29, 1.82) is 0 Å². The van der Waals surface area contributed by atoms with Crippen LogP contribution in [-0.2, 0) is 9.53 Å². The number of halogens is 1. The molecule has 0 aliphatic carbocycles. The van der Waals surface area contributed by atoms with E-state index in [1.807, 2.05) is 48.5 Å². The van der Waals surface area contributed by atoms with Gasteiger partial charge in [0.15, 0.2) is 0 Å². The summed E-state index contributed by atoms with van der Waals surface area (Å²) >= 11 is 4.60. The highest BCUT2D eigenvalue weighted by Crippen LogP contribution is 2.25. The molecule has 0 saturated carbocycles. The number of ether oxygens (including phenoxy) is 1. The van der Waals surface area contributed by atoms with Gasteiger partial charge in [0.2, 0.25) is 11.8 Å². The lowest BCUT2D eigenvalue weighted by molar-refractivity contribution is -0.113. The minimum absolute atomic E-state index is 0.127. The predicted molar refractivity (Wildman–Crippen MR) is 116 cm³/mol. The van der Waals surface area contributed by atoms with E-state index in [-0.39, 0.29) is 11.7 Å². The molecule has 0 spiro atoms. The quantitative estimate of drug-likeness (QED) is 0.539. The summed E-state index contributed by atoms with van der Waals surface area (Å²) in [4.78, 5) is 14.5. The fraction of sp³-hybridized carbons (Fsp3) is 0.250. The number of benzene rings is 2. The van der Waals surface area contributed by atoms with Gasteiger partial charge >= 0.3 is 0 Å². The summed E-state index contributed by atoms with van der Waals surface area (Å²) < 4.78 is 12.0. The average molecular weight is 475 g/mol. The van der Waals surface area contributed by atoms with Gasteiger partial charge in [0.1, 0.15) is 0 Å². The molecule has 0 atom stereocenters. The first kappa shape index (κ1) is 19.9. The molecular weight excluding hydrogens is 456 g/mol. The van der Waals surface area contributed by atoms with E-state index in [0.29, 0.717) is 11.1 Å². The van der Waals surface area contributed by atoms with Crippen LogP contribution in [0.1, 0.15) is 0 Å². The lowest BCUT2D eigenvalue weighted by atomic mass is 10.2. The molecule has 3 aromatic rings. The Morgan fingerprint density at radius 2 is 1.79 bits per heavy atom. The first-order chi connectivity index (χ1) is 14.2. The Kier molecular flexibility index (Phi) is 6.48. The number of anilines is 2. The van der Waals surface area contributed by atoms with Crippen LogP contribution in [-0.4, -0.2) is 48.2 Å². The maximum atomic E-state index is 12.2. The van der Waals surface area contributed by atoms with Gasteiger partial charge < -0.3 is 19.4 Å². The normalized spacial score (nSPS) is 14.0. The second-order valence-corrected chi connectivity index (χ2v) is 8.21. The van der Waals surface area contributed by atoms with Crippen molar-refractivity contribution in [1.82, 2.24) is 10.2 Å². The van der Waals surface area contributed by atoms with Crippen LogP contribution in [0.3, 0.4) is 0 Å². The third-order valence-corrected chi connectivity index (χ3v) is 5.70. The molecule has 1 fully saturated rings. The van der Waals surface area contributed by atoms with Crippen LogP contribution in [0.4, 0.5) is 11.4 Å². The van der Waals surface area contributed by atoms with E-state index in [1.165, 1.54) is 11.8 Å². The van der Waals surface area contributed by atoms with Crippen molar-refractivity contribution in [2.24, 2.45) is 0 Å². The van der Waals surface area contributed by atoms with Gasteiger partial charge in [0.05, 0.1) is 19.0 Å². The molecule has 7 nitrogen and oxygen atoms in total. The summed E-state index contributed by atoms with van der Waals surface area (Å²) in [5.41, 5.74) is 2.72. The van der Waals surface area contributed by atoms with E-state index in [2.05, 4.69) is 36.3 Å². The first-order valence-electron chi connectivity index (χ1n) is 9.12. The second-order valence-electron chi connectivity index (χ2n) is 6.36. The highest BCUT2D eigenvalue weighted by atomic mass is 79.9. The van der Waals surface area contributed by atoms with Gasteiger partial charge in [-0.05, 0) is 48.5 Å². The predicted octanol–water partition coefficient (Wildman–Crippen LogP) is 4.07. The van der Waals surface area contributed by atoms with E-state index in [0.717, 1.165) is 47.7 Å². The van der Waals surface area contributed by atoms with E-state index in [9.17, 15) is 4.79 Å². The highest BCUT2D eigenvalue weighted by Gasteiger charge is 2.13. The minimum Gasteiger partial charge on any atom is -0.411 e. The van der Waals surface area contributed by atoms with Crippen molar-refractivity contribution in [3.05, 3.63) is 53.0 Å². The van der Waals surface area contributed by atoms with Gasteiger partial charge in [0, 0.05) is 34.5 Å². The van der Waals surface area contributed by atoms with Crippen LogP contribution in [0.25, 0.3) is 11.5 Å². The van der Waals surface area contributed by atoms with Crippen molar-refractivity contribution in [2.45, 2.75) is 5.22 Å². The van der Waals surface area contributed by atoms with Crippen molar-refractivity contribution in [3.63, 3.8) is 0 Å². The molecule has 1 aromatic heterocycles. The fourth-order valence-electron chi connectivity index (χ4n) is 2.88. The summed E-state index contributed by atoms with van der Waals surface area (Å²) in [6.45, 7) is 3.26. The Bertz CT molecular complexity index is 957. The van der Waals surface area contributed by atoms with E-state index < -0.39 is 0 Å². The minimum atomic E-state index is -0.127. The zero-order chi connectivity index (χ0) is 20.1. The highest BCUT2D eigenvalue weighted by molar-refractivity contribution is 9.10. The lowest BCUT2D eigenvalue weighted by Crippen LogP contribution is -2.36. The molecule has 29 heavy (non-hydrogen) atoms. The molecule has 4 rings (SSSR count). The Balaban J connectivity index is 1.28. The van der Waals surface area contributed by atoms with Crippen molar-refractivity contribution >= 4 is 45.0 Å². The van der Waals surface area contributed by atoms with Crippen LogP contribution >= 0.6 is 27.7 Å². The van der Waals surface area contributed by atoms with Crippen LogP contribution in [0.5, 0.6) is 0 Å². The van der Waals surface area contributed by atoms with Gasteiger partial charge in [-0.3, -0.25) is 4.79 Å². The standard InChI is InChI=1S/C20H19BrN4O3S/c21-15-3-1-14(2-4-15)19-23-24-20(28-19)29-13-18(26)22-16-5-7-17(8-6-16)25-9-11-27-12-10-25/h1-8H,9-13H2,(H,22,26). The maximum absolute atomic E-state index is 12.2. The first-order valence-corrected chi connectivity index (χ1v) is 10.9. The van der Waals surface area contributed by atoms with Crippen LogP contribution in [0.15, 0.2) is 62.6 Å². The van der Waals surface area contributed by atoms with E-state index >= 15 is 0 Å². The number of rotatable bonds is 6. The summed E-state index contributed by atoms with van der Waals surface area (Å²) in [6, 6.07) is 15.4. The van der Waals surface area contributed by atoms with Gasteiger partial charge in [-0.25, -0.2) is 0 Å². The fourth-order valence-corrected chi connectivity index (χ4v) is 3.71. The molecule has 1 aliphatic heterocycles. The SMILES string of the molecule is O=C(CSc1nnc(-c2ccc(Br)cc2)o1)Nc1ccc(N2CCOCC2)cc1. The molecule has 0 bridgehead atoms. The molecule has 9 heteroatoms. The largest absolute Gasteiger partial charge is 0.411 e. The van der Waals surface area contributed by atoms with Crippen molar-refractivity contribution < 1.29 is 13.9 Å². The molecule has 1 amide bonds. The molecule has 0 radical (unpaired) electrons. The Morgan fingerprint density at radius 1 is 1.07 bits per heavy atom. The number of hydrogen-bond acceptors (Lipinski definition) is 7. The smallest absolute Gasteiger partial charge is 0.277 e. The van der Waals surface area contributed by atoms with E-state index in [1.54, 1.807) is 0 Å². The number of carbonyl (C=O) groups excluding carboxylic acids is 1. The van der Waals surface area contributed by atoms with Gasteiger partial charge in [-0.1, -0.05) is 27.7 Å². The van der Waals surface area contributed by atoms with Crippen LogP contribution in [0, 0.1) is 0 Å². The van der Waals surface area contributed by atoms with Gasteiger partial charge in [-0.2, -0.15) is 0 Å². The van der Waals surface area contributed by atoms with Crippen LogP contribution in [0.2, 0.25) is 0 Å². The van der Waals surface area contributed by atoms with E-state index in [4.69, 9.17) is 9.15 Å². The third kappa shape index (κ3) is 5.37. The molecule has 1 N–H and O–H groups in total. The number of morpholine rings is 1. The maximum Gasteiger partial charge on any atom is 0.277 e. The second kappa shape index (κ2) is 9.43. The van der Waals surface area contributed by atoms with Crippen LogP contribution < -0.4 is 10.2 Å². The number of amides is 1. The molecule has 2 heterocycles. The van der Waals surface area contributed by atoms with Crippen molar-refractivity contribution in [3.8, 4) is 11.5 Å². The molecule has 150 valence electrons. The summed E-state index contributed by atoms with van der Waals surface area (Å²) in [7, 11) is 0. The molecular formula is C20H19BrN4O3S. The summed E-state index contributed by atoms with van der Waals surface area (Å²) in [6.07, 6.45) is 0. The topological polar surface area (TPSA) is 80.5 Å². The molecule has 2 aromatic carbocycles. The zero-order valence-electron chi connectivity index (χ0n) is 15.5. The van der Waals surface area contributed by atoms with Crippen molar-refractivity contribution in [2.75, 3.05) is 42.3 Å². The number of thioether (sulfide) groups is 1. The number of nitrogens with one attached hydrogen (secondary N) is 1. The number of aromatic nitrogens is 2. The Labute approximate surface area is 181 Å². The Hall–Kier alpha value is -2.36. The summed E-state index contributed by atoms with van der Waals surface area (Å²) in [5.74, 6) is 0.490. The number of nitrogens with zero attached hydrogens (tertiary/aromatic N) is 3. The number of carbonyl (C=O) groups is 1. The van der Waals surface area contributed by atoms with Gasteiger partial charge in [0.25, 0.3) is 5.22 Å². The lowest BCUT2D eigenvalue weighted by Gasteiger charge is -2.28. The summed E-state index contributed by atoms with van der Waals surface area (Å²) in [5, 5.41) is 11.3. The molecule has 1 saturated heterocycles. The third-order valence-electron chi connectivity index (χ3n) is 4.35. The Morgan fingerprint density at radius 3 is 2.52 bits per heavy atom. The monoisotopic (exact) mass is 474 g/mol.